The Morgan fingerprint density at radius 1 is 0.903 bits per heavy atom. The molecule has 0 aliphatic carbocycles. The molecule has 4 heterocycles. The Bertz CT molecular complexity index is 1370. The van der Waals surface area contributed by atoms with Crippen molar-refractivity contribution in [1.29, 1.82) is 0 Å². The van der Waals surface area contributed by atoms with E-state index in [0.717, 1.165) is 10.6 Å². The summed E-state index contributed by atoms with van der Waals surface area (Å²) >= 11 is 1.55. The normalized spacial score (nSPS) is 10.8. The molecule has 0 aliphatic heterocycles. The fraction of sp³-hybridized carbons (Fsp3) is 0. The Labute approximate surface area is 179 Å². The molecule has 9 nitrogen and oxygen atoms in total. The Hall–Kier alpha value is -4.31. The van der Waals surface area contributed by atoms with Crippen LogP contribution in [0.2, 0.25) is 0 Å². The number of aromatic amines is 2. The highest BCUT2D eigenvalue weighted by atomic mass is 32.1. The third kappa shape index (κ3) is 3.79. The first kappa shape index (κ1) is 18.7. The average Bonchev–Trinajstić information content (AvgIpc) is 3.55. The van der Waals surface area contributed by atoms with Crippen molar-refractivity contribution in [1.82, 2.24) is 24.9 Å². The molecular formula is C21H15N7O2S. The number of imidazole rings is 2. The number of H-pyrrole nitrogens is 2. The summed E-state index contributed by atoms with van der Waals surface area (Å²) in [6, 6.07) is 14.3. The molecule has 4 N–H and O–H groups in total. The monoisotopic (exact) mass is 429 g/mol. The summed E-state index contributed by atoms with van der Waals surface area (Å²) in [5.41, 5.74) is 2.39. The van der Waals surface area contributed by atoms with Crippen LogP contribution in [0.1, 0.15) is 20.8 Å². The van der Waals surface area contributed by atoms with Crippen molar-refractivity contribution >= 4 is 46.1 Å². The van der Waals surface area contributed by atoms with Gasteiger partial charge in [-0.3, -0.25) is 20.2 Å². The second-order valence-corrected chi connectivity index (χ2v) is 7.47. The fourth-order valence-corrected chi connectivity index (χ4v) is 3.77. The van der Waals surface area contributed by atoms with Crippen LogP contribution in [-0.4, -0.2) is 36.7 Å². The number of hydrogen-bond acceptors (Lipinski definition) is 6. The molecule has 0 bridgehead atoms. The minimum absolute atomic E-state index is 0.224. The molecule has 0 aliphatic rings. The van der Waals surface area contributed by atoms with Crippen LogP contribution < -0.4 is 10.6 Å². The van der Waals surface area contributed by atoms with Crippen molar-refractivity contribution in [3.63, 3.8) is 0 Å². The Kier molecular flexibility index (Phi) is 4.73. The van der Waals surface area contributed by atoms with Gasteiger partial charge in [0.25, 0.3) is 11.8 Å². The molecule has 31 heavy (non-hydrogen) atoms. The molecule has 152 valence electrons. The van der Waals surface area contributed by atoms with E-state index < -0.39 is 5.91 Å². The van der Waals surface area contributed by atoms with E-state index in [-0.39, 0.29) is 17.5 Å². The third-order valence-corrected chi connectivity index (χ3v) is 5.37. The van der Waals surface area contributed by atoms with E-state index in [4.69, 9.17) is 0 Å². The molecule has 0 radical (unpaired) electrons. The quantitative estimate of drug-likeness (QED) is 0.337. The van der Waals surface area contributed by atoms with Gasteiger partial charge >= 0.3 is 0 Å². The van der Waals surface area contributed by atoms with Crippen LogP contribution in [-0.2, 0) is 0 Å². The van der Waals surface area contributed by atoms with Crippen LogP contribution >= 0.6 is 11.3 Å². The maximum Gasteiger partial charge on any atom is 0.276 e. The zero-order valence-corrected chi connectivity index (χ0v) is 16.7. The average molecular weight is 429 g/mol. The fourth-order valence-electron chi connectivity index (χ4n) is 3.08. The van der Waals surface area contributed by atoms with Gasteiger partial charge in [-0.1, -0.05) is 18.2 Å². The van der Waals surface area contributed by atoms with Gasteiger partial charge < -0.3 is 9.97 Å². The van der Waals surface area contributed by atoms with Gasteiger partial charge in [0, 0.05) is 12.4 Å². The Morgan fingerprint density at radius 3 is 2.58 bits per heavy atom. The first-order chi connectivity index (χ1) is 15.2. The van der Waals surface area contributed by atoms with Gasteiger partial charge in [0.1, 0.15) is 11.2 Å². The van der Waals surface area contributed by atoms with E-state index in [2.05, 4.69) is 35.6 Å². The number of rotatable bonds is 5. The molecule has 10 heteroatoms. The van der Waals surface area contributed by atoms with Crippen LogP contribution in [0.3, 0.4) is 0 Å². The standard InChI is InChI=1S/C21H15N7O2S/c29-18(27-20-22-9-10-23-20)12-4-1-6-14-17(12)26-21(25-14)28-19(30)15-7-2-5-13(24-15)16-8-3-11-31-16/h1-11H,(H2,22,23,27,29)(H2,25,26,28,30). The summed E-state index contributed by atoms with van der Waals surface area (Å²) in [5.74, 6) is -0.210. The highest BCUT2D eigenvalue weighted by molar-refractivity contribution is 7.13. The van der Waals surface area contributed by atoms with Gasteiger partial charge in [0.2, 0.25) is 11.9 Å². The van der Waals surface area contributed by atoms with Crippen LogP contribution in [0.15, 0.2) is 66.3 Å². The topological polar surface area (TPSA) is 128 Å². The maximum atomic E-state index is 12.7. The molecule has 0 saturated carbocycles. The highest BCUT2D eigenvalue weighted by Gasteiger charge is 2.17. The second-order valence-electron chi connectivity index (χ2n) is 6.52. The second kappa shape index (κ2) is 7.84. The largest absolute Gasteiger partial charge is 0.331 e. The molecule has 5 rings (SSSR count). The number of para-hydroxylation sites is 1. The van der Waals surface area contributed by atoms with E-state index in [9.17, 15) is 9.59 Å². The number of aromatic nitrogens is 5. The van der Waals surface area contributed by atoms with Crippen LogP contribution in [0, 0.1) is 0 Å². The molecule has 1 aromatic carbocycles. The number of amides is 2. The number of nitrogens with zero attached hydrogens (tertiary/aromatic N) is 3. The van der Waals surface area contributed by atoms with Crippen molar-refractivity contribution < 1.29 is 9.59 Å². The molecule has 2 amide bonds. The SMILES string of the molecule is O=C(Nc1nc2c(C(=O)Nc3ncc[nH]3)cccc2[nH]1)c1cccc(-c2cccs2)n1. The third-order valence-electron chi connectivity index (χ3n) is 4.47. The summed E-state index contributed by atoms with van der Waals surface area (Å²) in [7, 11) is 0. The minimum Gasteiger partial charge on any atom is -0.331 e. The first-order valence-corrected chi connectivity index (χ1v) is 10.2. The number of carbonyl (C=O) groups is 2. The van der Waals surface area contributed by atoms with Crippen molar-refractivity contribution in [3.05, 3.63) is 77.6 Å². The number of pyridine rings is 1. The van der Waals surface area contributed by atoms with Crippen LogP contribution in [0.5, 0.6) is 0 Å². The lowest BCUT2D eigenvalue weighted by atomic mass is 10.2. The summed E-state index contributed by atoms with van der Waals surface area (Å²) < 4.78 is 0. The molecule has 0 saturated heterocycles. The number of hydrogen-bond donors (Lipinski definition) is 4. The minimum atomic E-state index is -0.404. The summed E-state index contributed by atoms with van der Waals surface area (Å²) in [4.78, 5) is 45.0. The van der Waals surface area contributed by atoms with Crippen LogP contribution in [0.4, 0.5) is 11.9 Å². The van der Waals surface area contributed by atoms with Gasteiger partial charge in [-0.2, -0.15) is 0 Å². The van der Waals surface area contributed by atoms with Gasteiger partial charge in [-0.15, -0.1) is 11.3 Å². The van der Waals surface area contributed by atoms with Crippen molar-refractivity contribution in [3.8, 4) is 10.6 Å². The smallest absolute Gasteiger partial charge is 0.276 e. The molecular weight excluding hydrogens is 414 g/mol. The highest BCUT2D eigenvalue weighted by Crippen LogP contribution is 2.23. The Balaban J connectivity index is 1.39. The maximum absolute atomic E-state index is 12.7. The van der Waals surface area contributed by atoms with E-state index in [1.54, 1.807) is 54.1 Å². The first-order valence-electron chi connectivity index (χ1n) is 9.29. The lowest BCUT2D eigenvalue weighted by Gasteiger charge is -2.03. The lowest BCUT2D eigenvalue weighted by Crippen LogP contribution is -2.15. The zero-order chi connectivity index (χ0) is 21.2. The summed E-state index contributed by atoms with van der Waals surface area (Å²) in [5, 5.41) is 7.34. The van der Waals surface area contributed by atoms with E-state index in [0.29, 0.717) is 22.5 Å². The van der Waals surface area contributed by atoms with Crippen molar-refractivity contribution in [2.24, 2.45) is 0 Å². The molecule has 0 atom stereocenters. The Morgan fingerprint density at radius 2 is 1.77 bits per heavy atom. The molecule has 0 spiro atoms. The van der Waals surface area contributed by atoms with E-state index in [1.165, 1.54) is 0 Å². The number of thiophene rings is 1. The van der Waals surface area contributed by atoms with Crippen LogP contribution in [0.25, 0.3) is 21.6 Å². The number of carbonyl (C=O) groups excluding carboxylic acids is 2. The molecule has 0 fully saturated rings. The van der Waals surface area contributed by atoms with Gasteiger partial charge in [0.05, 0.1) is 21.7 Å². The van der Waals surface area contributed by atoms with Gasteiger partial charge in [-0.05, 0) is 35.7 Å². The van der Waals surface area contributed by atoms with E-state index >= 15 is 0 Å². The zero-order valence-electron chi connectivity index (χ0n) is 15.9. The number of nitrogens with one attached hydrogen (secondary N) is 4. The molecule has 5 aromatic rings. The lowest BCUT2D eigenvalue weighted by molar-refractivity contribution is 0.101. The molecule has 4 aromatic heterocycles. The predicted octanol–water partition coefficient (Wildman–Crippen LogP) is 3.91. The predicted molar refractivity (Wildman–Crippen MR) is 118 cm³/mol. The number of benzene rings is 1. The van der Waals surface area contributed by atoms with Crippen molar-refractivity contribution in [2.45, 2.75) is 0 Å². The summed E-state index contributed by atoms with van der Waals surface area (Å²) in [6.45, 7) is 0. The number of fused-ring (bicyclic) bond motifs is 1. The van der Waals surface area contributed by atoms with Crippen molar-refractivity contribution in [2.75, 3.05) is 10.6 Å². The summed E-state index contributed by atoms with van der Waals surface area (Å²) in [6.07, 6.45) is 3.15. The van der Waals surface area contributed by atoms with E-state index in [1.807, 2.05) is 23.6 Å². The van der Waals surface area contributed by atoms with Gasteiger partial charge in [0.15, 0.2) is 0 Å². The molecule has 0 unspecified atom stereocenters. The van der Waals surface area contributed by atoms with Gasteiger partial charge in [-0.25, -0.2) is 15.0 Å². The number of anilines is 2.